The standard InChI is InChI=1S/C9H6BrIOS/c10-4-5-2-1-3-6-7(12)9(11)13-8(5)6/h1-3,12H,4H2. The first-order valence-electron chi connectivity index (χ1n) is 3.69. The first-order chi connectivity index (χ1) is 6.24. The molecular formula is C9H6BrIOS. The minimum atomic E-state index is 0.420. The largest absolute Gasteiger partial charge is 0.505 e. The van der Waals surface area contributed by atoms with E-state index in [1.54, 1.807) is 11.3 Å². The van der Waals surface area contributed by atoms with Crippen LogP contribution in [0, 0.1) is 2.88 Å². The molecule has 13 heavy (non-hydrogen) atoms. The van der Waals surface area contributed by atoms with Gasteiger partial charge in [-0.05, 0) is 34.2 Å². The van der Waals surface area contributed by atoms with Crippen molar-refractivity contribution in [2.75, 3.05) is 0 Å². The highest BCUT2D eigenvalue weighted by molar-refractivity contribution is 14.1. The number of fused-ring (bicyclic) bond motifs is 1. The second-order valence-corrected chi connectivity index (χ2v) is 6.04. The molecule has 1 nitrogen and oxygen atoms in total. The minimum Gasteiger partial charge on any atom is -0.505 e. The minimum absolute atomic E-state index is 0.420. The molecule has 0 aliphatic rings. The number of halogens is 2. The van der Waals surface area contributed by atoms with Crippen LogP contribution in [0.2, 0.25) is 0 Å². The van der Waals surface area contributed by atoms with E-state index < -0.39 is 0 Å². The number of thiophene rings is 1. The molecule has 0 amide bonds. The van der Waals surface area contributed by atoms with Crippen LogP contribution in [0.4, 0.5) is 0 Å². The van der Waals surface area contributed by atoms with Crippen LogP contribution >= 0.6 is 49.9 Å². The van der Waals surface area contributed by atoms with Crippen molar-refractivity contribution in [3.05, 3.63) is 26.6 Å². The van der Waals surface area contributed by atoms with Crippen LogP contribution in [0.15, 0.2) is 18.2 Å². The lowest BCUT2D eigenvalue weighted by atomic mass is 10.2. The molecule has 0 spiro atoms. The third-order valence-electron chi connectivity index (χ3n) is 1.87. The SMILES string of the molecule is Oc1c(I)sc2c(CBr)cccc12. The van der Waals surface area contributed by atoms with Gasteiger partial charge in [-0.1, -0.05) is 28.1 Å². The molecule has 0 bridgehead atoms. The molecule has 2 aromatic rings. The summed E-state index contributed by atoms with van der Waals surface area (Å²) in [7, 11) is 0. The highest BCUT2D eigenvalue weighted by atomic mass is 127. The number of aromatic hydroxyl groups is 1. The number of benzene rings is 1. The normalized spacial score (nSPS) is 10.9. The van der Waals surface area contributed by atoms with Crippen molar-refractivity contribution in [1.82, 2.24) is 0 Å². The smallest absolute Gasteiger partial charge is 0.147 e. The van der Waals surface area contributed by atoms with Gasteiger partial charge in [0.25, 0.3) is 0 Å². The van der Waals surface area contributed by atoms with Crippen molar-refractivity contribution in [2.24, 2.45) is 0 Å². The monoisotopic (exact) mass is 368 g/mol. The third kappa shape index (κ3) is 1.59. The Morgan fingerprint density at radius 2 is 2.23 bits per heavy atom. The molecule has 0 saturated heterocycles. The van der Waals surface area contributed by atoms with Gasteiger partial charge in [-0.3, -0.25) is 0 Å². The topological polar surface area (TPSA) is 20.2 Å². The molecule has 0 aliphatic heterocycles. The Hall–Kier alpha value is 0.190. The number of rotatable bonds is 1. The zero-order chi connectivity index (χ0) is 9.42. The van der Waals surface area contributed by atoms with Crippen LogP contribution in [0.25, 0.3) is 10.1 Å². The van der Waals surface area contributed by atoms with Crippen LogP contribution in [0.5, 0.6) is 5.75 Å². The molecule has 1 aromatic carbocycles. The molecule has 0 aliphatic carbocycles. The number of alkyl halides is 1. The molecule has 68 valence electrons. The van der Waals surface area contributed by atoms with Gasteiger partial charge in [-0.25, -0.2) is 0 Å². The third-order valence-corrected chi connectivity index (χ3v) is 4.71. The van der Waals surface area contributed by atoms with Crippen LogP contribution < -0.4 is 0 Å². The molecular weight excluding hydrogens is 363 g/mol. The average molecular weight is 369 g/mol. The van der Waals surface area contributed by atoms with Gasteiger partial charge in [0, 0.05) is 15.4 Å². The van der Waals surface area contributed by atoms with Crippen molar-refractivity contribution in [2.45, 2.75) is 5.33 Å². The zero-order valence-electron chi connectivity index (χ0n) is 6.55. The Morgan fingerprint density at radius 3 is 2.92 bits per heavy atom. The van der Waals surface area contributed by atoms with Crippen LogP contribution in [0.3, 0.4) is 0 Å². The van der Waals surface area contributed by atoms with E-state index in [2.05, 4.69) is 44.6 Å². The summed E-state index contributed by atoms with van der Waals surface area (Å²) in [6.07, 6.45) is 0. The van der Waals surface area contributed by atoms with Crippen molar-refractivity contribution >= 4 is 59.9 Å². The Kier molecular flexibility index (Phi) is 2.80. The second kappa shape index (κ2) is 3.74. The molecule has 0 atom stereocenters. The quantitative estimate of drug-likeness (QED) is 0.593. The highest BCUT2D eigenvalue weighted by Crippen LogP contribution is 2.39. The molecule has 4 heteroatoms. The van der Waals surface area contributed by atoms with Crippen molar-refractivity contribution < 1.29 is 5.11 Å². The summed E-state index contributed by atoms with van der Waals surface area (Å²) in [5, 5.41) is 11.5. The van der Waals surface area contributed by atoms with E-state index in [-0.39, 0.29) is 0 Å². The van der Waals surface area contributed by atoms with Gasteiger partial charge in [0.05, 0.1) is 0 Å². The van der Waals surface area contributed by atoms with E-state index in [9.17, 15) is 5.11 Å². The molecule has 2 rings (SSSR count). The fourth-order valence-electron chi connectivity index (χ4n) is 1.24. The van der Waals surface area contributed by atoms with E-state index in [1.165, 1.54) is 10.3 Å². The lowest BCUT2D eigenvalue weighted by Crippen LogP contribution is -1.75. The first-order valence-corrected chi connectivity index (χ1v) is 6.70. The maximum Gasteiger partial charge on any atom is 0.147 e. The first kappa shape index (κ1) is 9.73. The van der Waals surface area contributed by atoms with Gasteiger partial charge in [0.1, 0.15) is 8.63 Å². The summed E-state index contributed by atoms with van der Waals surface area (Å²) in [5.74, 6) is 0.420. The molecule has 1 aromatic heterocycles. The van der Waals surface area contributed by atoms with Gasteiger partial charge >= 0.3 is 0 Å². The Labute approximate surface area is 102 Å². The van der Waals surface area contributed by atoms with Crippen LogP contribution in [-0.2, 0) is 5.33 Å². The van der Waals surface area contributed by atoms with Gasteiger partial charge in [0.2, 0.25) is 0 Å². The predicted molar refractivity (Wildman–Crippen MR) is 68.8 cm³/mol. The molecule has 0 saturated carbocycles. The molecule has 0 fully saturated rings. The fraction of sp³-hybridized carbons (Fsp3) is 0.111. The van der Waals surface area contributed by atoms with E-state index in [0.717, 1.165) is 13.6 Å². The molecule has 0 radical (unpaired) electrons. The molecule has 1 N–H and O–H groups in total. The zero-order valence-corrected chi connectivity index (χ0v) is 11.1. The van der Waals surface area contributed by atoms with Gasteiger partial charge in [-0.2, -0.15) is 0 Å². The van der Waals surface area contributed by atoms with Crippen molar-refractivity contribution in [1.29, 1.82) is 0 Å². The fourth-order valence-corrected chi connectivity index (χ4v) is 3.78. The maximum atomic E-state index is 9.71. The van der Waals surface area contributed by atoms with E-state index in [1.807, 2.05) is 12.1 Å². The van der Waals surface area contributed by atoms with E-state index >= 15 is 0 Å². The number of hydrogen-bond acceptors (Lipinski definition) is 2. The van der Waals surface area contributed by atoms with Gasteiger partial charge < -0.3 is 5.11 Å². The lowest BCUT2D eigenvalue weighted by molar-refractivity contribution is 0.480. The van der Waals surface area contributed by atoms with Crippen LogP contribution in [-0.4, -0.2) is 5.11 Å². The maximum absolute atomic E-state index is 9.71. The summed E-state index contributed by atoms with van der Waals surface area (Å²) in [4.78, 5) is 0. The average Bonchev–Trinajstić information content (AvgIpc) is 2.43. The summed E-state index contributed by atoms with van der Waals surface area (Å²) in [6, 6.07) is 6.00. The van der Waals surface area contributed by atoms with E-state index in [4.69, 9.17) is 0 Å². The summed E-state index contributed by atoms with van der Waals surface area (Å²) in [6.45, 7) is 0. The van der Waals surface area contributed by atoms with E-state index in [0.29, 0.717) is 5.75 Å². The highest BCUT2D eigenvalue weighted by Gasteiger charge is 2.10. The molecule has 1 heterocycles. The predicted octanol–water partition coefficient (Wildman–Crippen LogP) is 4.11. The summed E-state index contributed by atoms with van der Waals surface area (Å²) >= 11 is 7.24. The Morgan fingerprint density at radius 1 is 1.46 bits per heavy atom. The Balaban J connectivity index is 2.84. The van der Waals surface area contributed by atoms with Gasteiger partial charge in [0.15, 0.2) is 0 Å². The lowest BCUT2D eigenvalue weighted by Gasteiger charge is -1.96. The summed E-state index contributed by atoms with van der Waals surface area (Å²) in [5.41, 5.74) is 1.24. The van der Waals surface area contributed by atoms with Gasteiger partial charge in [-0.15, -0.1) is 11.3 Å². The number of hydrogen-bond donors (Lipinski definition) is 1. The Bertz CT molecular complexity index is 452. The van der Waals surface area contributed by atoms with Crippen molar-refractivity contribution in [3.8, 4) is 5.75 Å². The second-order valence-electron chi connectivity index (χ2n) is 2.65. The van der Waals surface area contributed by atoms with Crippen molar-refractivity contribution in [3.63, 3.8) is 0 Å². The summed E-state index contributed by atoms with van der Waals surface area (Å²) < 4.78 is 2.14. The van der Waals surface area contributed by atoms with Crippen LogP contribution in [0.1, 0.15) is 5.56 Å². The molecule has 0 unspecified atom stereocenters.